The van der Waals surface area contributed by atoms with E-state index in [0.29, 0.717) is 6.42 Å². The maximum Gasteiger partial charge on any atom is 0.407 e. The van der Waals surface area contributed by atoms with Gasteiger partial charge in [-0.1, -0.05) is 67.4 Å². The Balaban J connectivity index is 1.57. The number of hydrogen-bond donors (Lipinski definition) is 2. The minimum absolute atomic E-state index is 0.0460. The smallest absolute Gasteiger partial charge is 0.407 e. The van der Waals surface area contributed by atoms with E-state index < -0.39 is 18.1 Å². The second kappa shape index (κ2) is 9.92. The van der Waals surface area contributed by atoms with E-state index in [-0.39, 0.29) is 12.5 Å². The number of alkyl carbamates (subject to hydrolysis) is 1. The van der Waals surface area contributed by atoms with Crippen molar-refractivity contribution in [3.8, 4) is 11.1 Å². The van der Waals surface area contributed by atoms with Crippen molar-refractivity contribution in [3.63, 3.8) is 0 Å². The first kappa shape index (κ1) is 20.6. The third kappa shape index (κ3) is 5.05. The molecule has 1 aliphatic carbocycles. The van der Waals surface area contributed by atoms with Gasteiger partial charge in [-0.3, -0.25) is 0 Å². The van der Waals surface area contributed by atoms with Crippen molar-refractivity contribution in [2.24, 2.45) is 0 Å². The fraction of sp³-hybridized carbons (Fsp3) is 0.333. The molecule has 1 amide bonds. The lowest BCUT2D eigenvalue weighted by Gasteiger charge is -2.17. The third-order valence-electron chi connectivity index (χ3n) is 5.33. The number of carbonyl (C=O) groups is 2. The van der Waals surface area contributed by atoms with Crippen LogP contribution in [0.4, 0.5) is 4.79 Å². The summed E-state index contributed by atoms with van der Waals surface area (Å²) in [6.45, 7) is 3.85. The molecule has 2 aromatic carbocycles. The van der Waals surface area contributed by atoms with Crippen LogP contribution in [-0.2, 0) is 9.53 Å². The first-order chi connectivity index (χ1) is 14.1. The minimum atomic E-state index is -1.04. The van der Waals surface area contributed by atoms with E-state index in [9.17, 15) is 14.7 Å². The van der Waals surface area contributed by atoms with Crippen LogP contribution in [0.5, 0.6) is 0 Å². The zero-order chi connectivity index (χ0) is 20.6. The summed E-state index contributed by atoms with van der Waals surface area (Å²) in [6.07, 6.45) is 5.07. The maximum atomic E-state index is 12.3. The van der Waals surface area contributed by atoms with Crippen LogP contribution in [0, 0.1) is 0 Å². The van der Waals surface area contributed by atoms with Crippen LogP contribution >= 0.6 is 0 Å². The summed E-state index contributed by atoms with van der Waals surface area (Å²) in [6, 6.07) is 15.2. The lowest BCUT2D eigenvalue weighted by Crippen LogP contribution is -2.41. The van der Waals surface area contributed by atoms with Gasteiger partial charge in [0.1, 0.15) is 12.6 Å². The van der Waals surface area contributed by atoms with Gasteiger partial charge in [0.2, 0.25) is 0 Å². The van der Waals surface area contributed by atoms with E-state index in [1.807, 2.05) is 42.5 Å². The Hall–Kier alpha value is -3.08. The molecule has 1 atom stereocenters. The van der Waals surface area contributed by atoms with Crippen LogP contribution in [0.1, 0.15) is 49.1 Å². The van der Waals surface area contributed by atoms with Crippen LogP contribution in [0.25, 0.3) is 11.1 Å². The van der Waals surface area contributed by atoms with E-state index in [2.05, 4.69) is 24.0 Å². The van der Waals surface area contributed by atoms with Crippen LogP contribution in [0.3, 0.4) is 0 Å². The highest BCUT2D eigenvalue weighted by atomic mass is 16.5. The number of amides is 1. The van der Waals surface area contributed by atoms with Gasteiger partial charge in [-0.25, -0.2) is 9.59 Å². The number of carboxylic acids is 1. The minimum Gasteiger partial charge on any atom is -0.480 e. The molecular weight excluding hydrogens is 366 g/mol. The Morgan fingerprint density at radius 1 is 1.03 bits per heavy atom. The largest absolute Gasteiger partial charge is 0.480 e. The second-order valence-corrected chi connectivity index (χ2v) is 7.29. The third-order valence-corrected chi connectivity index (χ3v) is 5.33. The Morgan fingerprint density at radius 2 is 1.66 bits per heavy atom. The van der Waals surface area contributed by atoms with E-state index in [1.165, 1.54) is 0 Å². The SMILES string of the molecule is C=CCCCCC[C@@H](NC(=O)OCC1c2ccccc2-c2ccccc21)C(=O)O. The van der Waals surface area contributed by atoms with Gasteiger partial charge in [0.15, 0.2) is 0 Å². The van der Waals surface area contributed by atoms with E-state index >= 15 is 0 Å². The van der Waals surface area contributed by atoms with Crippen LogP contribution < -0.4 is 5.32 Å². The van der Waals surface area contributed by atoms with Crippen molar-refractivity contribution < 1.29 is 19.4 Å². The lowest BCUT2D eigenvalue weighted by atomic mass is 9.98. The zero-order valence-corrected chi connectivity index (χ0v) is 16.5. The summed E-state index contributed by atoms with van der Waals surface area (Å²) in [4.78, 5) is 23.7. The summed E-state index contributed by atoms with van der Waals surface area (Å²) in [5.41, 5.74) is 4.55. The summed E-state index contributed by atoms with van der Waals surface area (Å²) >= 11 is 0. The average molecular weight is 393 g/mol. The topological polar surface area (TPSA) is 75.6 Å². The number of carboxylic acid groups (broad SMARTS) is 1. The van der Waals surface area contributed by atoms with Gasteiger partial charge < -0.3 is 15.2 Å². The molecular formula is C24H27NO4. The number of rotatable bonds is 10. The Bertz CT molecular complexity index is 831. The molecule has 0 saturated carbocycles. The van der Waals surface area contributed by atoms with Gasteiger partial charge in [-0.2, -0.15) is 0 Å². The predicted molar refractivity (Wildman–Crippen MR) is 113 cm³/mol. The zero-order valence-electron chi connectivity index (χ0n) is 16.5. The number of fused-ring (bicyclic) bond motifs is 3. The molecule has 0 heterocycles. The summed E-state index contributed by atoms with van der Waals surface area (Å²) < 4.78 is 5.44. The van der Waals surface area contributed by atoms with Crippen molar-refractivity contribution >= 4 is 12.1 Å². The van der Waals surface area contributed by atoms with Gasteiger partial charge in [0.25, 0.3) is 0 Å². The fourth-order valence-electron chi connectivity index (χ4n) is 3.85. The van der Waals surface area contributed by atoms with Gasteiger partial charge in [0.05, 0.1) is 0 Å². The molecule has 0 unspecified atom stereocenters. The highest BCUT2D eigenvalue weighted by Gasteiger charge is 2.29. The Kier molecular flexibility index (Phi) is 7.06. The number of aliphatic carboxylic acids is 1. The van der Waals surface area contributed by atoms with Crippen LogP contribution in [-0.4, -0.2) is 29.8 Å². The summed E-state index contributed by atoms with van der Waals surface area (Å²) in [5, 5.41) is 11.9. The quantitative estimate of drug-likeness (QED) is 0.434. The number of unbranched alkanes of at least 4 members (excludes halogenated alkanes) is 3. The molecule has 3 rings (SSSR count). The van der Waals surface area contributed by atoms with Gasteiger partial charge >= 0.3 is 12.1 Å². The molecule has 2 aromatic rings. The molecule has 0 saturated heterocycles. The summed E-state index contributed by atoms with van der Waals surface area (Å²) in [5.74, 6) is -1.09. The van der Waals surface area contributed by atoms with E-state index in [0.717, 1.165) is 47.9 Å². The Labute approximate surface area is 171 Å². The molecule has 29 heavy (non-hydrogen) atoms. The van der Waals surface area contributed by atoms with Crippen molar-refractivity contribution in [2.45, 2.75) is 44.1 Å². The molecule has 0 spiro atoms. The molecule has 1 aliphatic rings. The maximum absolute atomic E-state index is 12.3. The first-order valence-electron chi connectivity index (χ1n) is 10.1. The van der Waals surface area contributed by atoms with E-state index in [1.54, 1.807) is 0 Å². The molecule has 152 valence electrons. The second-order valence-electron chi connectivity index (χ2n) is 7.29. The van der Waals surface area contributed by atoms with Crippen molar-refractivity contribution in [1.29, 1.82) is 0 Å². The van der Waals surface area contributed by atoms with Crippen molar-refractivity contribution in [1.82, 2.24) is 5.32 Å². The molecule has 0 aliphatic heterocycles. The number of carbonyl (C=O) groups excluding carboxylic acids is 1. The fourth-order valence-corrected chi connectivity index (χ4v) is 3.85. The van der Waals surface area contributed by atoms with E-state index in [4.69, 9.17) is 4.74 Å². The predicted octanol–water partition coefficient (Wildman–Crippen LogP) is 5.11. The molecule has 0 radical (unpaired) electrons. The summed E-state index contributed by atoms with van der Waals surface area (Å²) in [7, 11) is 0. The standard InChI is InChI=1S/C24H27NO4/c1-2-3-4-5-6-15-22(23(26)27)25-24(28)29-16-21-19-13-9-7-11-17(19)18-12-8-10-14-20(18)21/h2,7-14,21-22H,1,3-6,15-16H2,(H,25,28)(H,26,27)/t22-/m1/s1. The number of allylic oxidation sites excluding steroid dienone is 1. The molecule has 0 fully saturated rings. The van der Waals surface area contributed by atoms with Crippen molar-refractivity contribution in [3.05, 3.63) is 72.3 Å². The number of hydrogen-bond acceptors (Lipinski definition) is 3. The molecule has 5 heteroatoms. The van der Waals surface area contributed by atoms with Crippen LogP contribution in [0.15, 0.2) is 61.2 Å². The van der Waals surface area contributed by atoms with Crippen LogP contribution in [0.2, 0.25) is 0 Å². The Morgan fingerprint density at radius 3 is 2.24 bits per heavy atom. The monoisotopic (exact) mass is 393 g/mol. The number of benzene rings is 2. The molecule has 0 bridgehead atoms. The normalized spacial score (nSPS) is 13.2. The van der Waals surface area contributed by atoms with Gasteiger partial charge in [-0.15, -0.1) is 6.58 Å². The lowest BCUT2D eigenvalue weighted by molar-refractivity contribution is -0.139. The van der Waals surface area contributed by atoms with Crippen molar-refractivity contribution in [2.75, 3.05) is 6.61 Å². The highest BCUT2D eigenvalue weighted by molar-refractivity contribution is 5.81. The highest BCUT2D eigenvalue weighted by Crippen LogP contribution is 2.44. The van der Waals surface area contributed by atoms with Gasteiger partial charge in [0, 0.05) is 5.92 Å². The molecule has 2 N–H and O–H groups in total. The van der Waals surface area contributed by atoms with Gasteiger partial charge in [-0.05, 0) is 41.5 Å². The molecule has 5 nitrogen and oxygen atoms in total. The number of nitrogens with one attached hydrogen (secondary N) is 1. The average Bonchev–Trinajstić information content (AvgIpc) is 3.05. The number of ether oxygens (including phenoxy) is 1. The molecule has 0 aromatic heterocycles. The first-order valence-corrected chi connectivity index (χ1v) is 10.1.